The Morgan fingerprint density at radius 3 is 2.55 bits per heavy atom. The number of fused-ring (bicyclic) bond motifs is 1. The van der Waals surface area contributed by atoms with E-state index in [1.807, 2.05) is 36.4 Å². The second-order valence-corrected chi connectivity index (χ2v) is 7.95. The van der Waals surface area contributed by atoms with E-state index in [0.29, 0.717) is 22.3 Å². The summed E-state index contributed by atoms with van der Waals surface area (Å²) in [4.78, 5) is 30.3. The molecule has 9 nitrogen and oxygen atoms in total. The maximum atomic E-state index is 13.0. The van der Waals surface area contributed by atoms with Gasteiger partial charge in [-0.2, -0.15) is 0 Å². The average molecular weight is 465 g/mol. The molecule has 0 aliphatic carbocycles. The van der Waals surface area contributed by atoms with Crippen LogP contribution < -0.4 is 19.7 Å². The van der Waals surface area contributed by atoms with Crippen molar-refractivity contribution in [3.05, 3.63) is 76.8 Å². The van der Waals surface area contributed by atoms with Crippen LogP contribution >= 0.6 is 11.3 Å². The van der Waals surface area contributed by atoms with Crippen molar-refractivity contribution in [1.29, 1.82) is 0 Å². The standard InChI is InChI=1S/C23H20N4O5S/c1-31-16-7-5-6-15(12-16)26(23-25-19-8-3-4-9-21(19)33-23)14-22(28)24-18-11-10-17(32-2)13-20(18)27(29)30/h3-13H,14H2,1-2H3,(H,24,28). The molecule has 0 radical (unpaired) electrons. The Balaban J connectivity index is 1.67. The zero-order valence-corrected chi connectivity index (χ0v) is 18.7. The Hall–Kier alpha value is -4.18. The zero-order chi connectivity index (χ0) is 23.4. The van der Waals surface area contributed by atoms with E-state index in [0.717, 1.165) is 10.2 Å². The number of methoxy groups -OCH3 is 2. The zero-order valence-electron chi connectivity index (χ0n) is 17.8. The minimum absolute atomic E-state index is 0.0840. The highest BCUT2D eigenvalue weighted by molar-refractivity contribution is 7.22. The third-order valence-corrected chi connectivity index (χ3v) is 5.92. The number of nitrogens with zero attached hydrogens (tertiary/aromatic N) is 3. The van der Waals surface area contributed by atoms with Crippen LogP contribution in [0.2, 0.25) is 0 Å². The number of hydrogen-bond acceptors (Lipinski definition) is 8. The molecule has 0 saturated heterocycles. The van der Waals surface area contributed by atoms with Gasteiger partial charge in [0.1, 0.15) is 23.7 Å². The van der Waals surface area contributed by atoms with Gasteiger partial charge < -0.3 is 19.7 Å². The molecule has 0 saturated carbocycles. The lowest BCUT2D eigenvalue weighted by Gasteiger charge is -2.22. The first-order valence-corrected chi connectivity index (χ1v) is 10.7. The third-order valence-electron chi connectivity index (χ3n) is 4.86. The van der Waals surface area contributed by atoms with Crippen LogP contribution in [0.1, 0.15) is 0 Å². The highest BCUT2D eigenvalue weighted by Gasteiger charge is 2.22. The number of nitrogens with one attached hydrogen (secondary N) is 1. The number of para-hydroxylation sites is 1. The summed E-state index contributed by atoms with van der Waals surface area (Å²) in [6.45, 7) is -0.115. The van der Waals surface area contributed by atoms with Crippen molar-refractivity contribution in [1.82, 2.24) is 4.98 Å². The number of hydrogen-bond donors (Lipinski definition) is 1. The van der Waals surface area contributed by atoms with Crippen LogP contribution in [0.25, 0.3) is 10.2 Å². The number of nitro benzene ring substituents is 1. The fourth-order valence-electron chi connectivity index (χ4n) is 3.25. The van der Waals surface area contributed by atoms with Crippen LogP contribution in [-0.4, -0.2) is 36.6 Å². The van der Waals surface area contributed by atoms with E-state index in [-0.39, 0.29) is 17.9 Å². The number of ether oxygens (including phenoxy) is 2. The number of amides is 1. The Bertz CT molecular complexity index is 1290. The van der Waals surface area contributed by atoms with Gasteiger partial charge in [0.25, 0.3) is 5.69 Å². The van der Waals surface area contributed by atoms with Gasteiger partial charge in [-0.3, -0.25) is 14.9 Å². The van der Waals surface area contributed by atoms with Crippen molar-refractivity contribution in [2.45, 2.75) is 0 Å². The number of carbonyl (C=O) groups excluding carboxylic acids is 1. The molecule has 0 atom stereocenters. The smallest absolute Gasteiger partial charge is 0.296 e. The van der Waals surface area contributed by atoms with Gasteiger partial charge in [0.15, 0.2) is 5.13 Å². The molecule has 0 bridgehead atoms. The molecule has 0 aliphatic rings. The minimum Gasteiger partial charge on any atom is -0.497 e. The number of anilines is 3. The highest BCUT2D eigenvalue weighted by Crippen LogP contribution is 2.35. The molecule has 33 heavy (non-hydrogen) atoms. The average Bonchev–Trinajstić information content (AvgIpc) is 3.26. The molecule has 0 fully saturated rings. The van der Waals surface area contributed by atoms with Crippen molar-refractivity contribution < 1.29 is 19.2 Å². The normalized spacial score (nSPS) is 10.6. The first-order chi connectivity index (χ1) is 16.0. The fourth-order valence-corrected chi connectivity index (χ4v) is 4.24. The summed E-state index contributed by atoms with van der Waals surface area (Å²) in [6, 6.07) is 19.2. The first kappa shape index (κ1) is 22.0. The first-order valence-electron chi connectivity index (χ1n) is 9.88. The van der Waals surface area contributed by atoms with E-state index in [9.17, 15) is 14.9 Å². The molecule has 0 aliphatic heterocycles. The highest BCUT2D eigenvalue weighted by atomic mass is 32.1. The van der Waals surface area contributed by atoms with Crippen molar-refractivity contribution in [2.75, 3.05) is 31.0 Å². The lowest BCUT2D eigenvalue weighted by atomic mass is 10.2. The van der Waals surface area contributed by atoms with Gasteiger partial charge in [0, 0.05) is 11.8 Å². The molecule has 0 unspecified atom stereocenters. The van der Waals surface area contributed by atoms with Crippen molar-refractivity contribution in [3.63, 3.8) is 0 Å². The number of benzene rings is 3. The van der Waals surface area contributed by atoms with Crippen LogP contribution in [-0.2, 0) is 4.79 Å². The molecular weight excluding hydrogens is 444 g/mol. The summed E-state index contributed by atoms with van der Waals surface area (Å²) in [5.41, 5.74) is 1.35. The molecule has 1 heterocycles. The second kappa shape index (κ2) is 9.53. The van der Waals surface area contributed by atoms with Crippen molar-refractivity contribution in [3.8, 4) is 11.5 Å². The van der Waals surface area contributed by atoms with Crippen LogP contribution in [0.4, 0.5) is 22.2 Å². The minimum atomic E-state index is -0.564. The van der Waals surface area contributed by atoms with Gasteiger partial charge in [-0.15, -0.1) is 0 Å². The Labute approximate surface area is 193 Å². The predicted octanol–water partition coefficient (Wildman–Crippen LogP) is 5.00. The molecule has 4 rings (SSSR count). The van der Waals surface area contributed by atoms with Crippen LogP contribution in [0, 0.1) is 10.1 Å². The SMILES string of the molecule is COc1cccc(N(CC(=O)Nc2ccc(OC)cc2[N+](=O)[O-])c2nc3ccccc3s2)c1. The van der Waals surface area contributed by atoms with Crippen LogP contribution in [0.3, 0.4) is 0 Å². The lowest BCUT2D eigenvalue weighted by molar-refractivity contribution is -0.384. The summed E-state index contributed by atoms with van der Waals surface area (Å²) < 4.78 is 11.4. The van der Waals surface area contributed by atoms with Gasteiger partial charge >= 0.3 is 0 Å². The Morgan fingerprint density at radius 2 is 1.82 bits per heavy atom. The quantitative estimate of drug-likeness (QED) is 0.289. The van der Waals surface area contributed by atoms with Gasteiger partial charge in [0.05, 0.1) is 35.4 Å². The number of thiazole rings is 1. The third kappa shape index (κ3) is 4.85. The monoisotopic (exact) mass is 464 g/mol. The molecule has 1 amide bonds. The topological polar surface area (TPSA) is 107 Å². The fraction of sp³-hybridized carbons (Fsp3) is 0.130. The van der Waals surface area contributed by atoms with E-state index < -0.39 is 10.8 Å². The lowest BCUT2D eigenvalue weighted by Crippen LogP contribution is -2.30. The van der Waals surface area contributed by atoms with Crippen molar-refractivity contribution >= 4 is 49.7 Å². The largest absolute Gasteiger partial charge is 0.497 e. The summed E-state index contributed by atoms with van der Waals surface area (Å²) in [5.74, 6) is 0.516. The maximum Gasteiger partial charge on any atom is 0.296 e. The number of rotatable bonds is 8. The predicted molar refractivity (Wildman–Crippen MR) is 128 cm³/mol. The number of aromatic nitrogens is 1. The van der Waals surface area contributed by atoms with E-state index in [1.54, 1.807) is 30.2 Å². The molecule has 10 heteroatoms. The Morgan fingerprint density at radius 1 is 1.06 bits per heavy atom. The summed E-state index contributed by atoms with van der Waals surface area (Å²) in [7, 11) is 2.98. The van der Waals surface area contributed by atoms with Gasteiger partial charge in [-0.05, 0) is 36.4 Å². The van der Waals surface area contributed by atoms with Gasteiger partial charge in [-0.25, -0.2) is 4.98 Å². The molecule has 1 aromatic heterocycles. The van der Waals surface area contributed by atoms with Crippen molar-refractivity contribution in [2.24, 2.45) is 0 Å². The van der Waals surface area contributed by atoms with E-state index >= 15 is 0 Å². The Kier molecular flexibility index (Phi) is 6.36. The summed E-state index contributed by atoms with van der Waals surface area (Å²) >= 11 is 1.44. The van der Waals surface area contributed by atoms with Crippen LogP contribution in [0.5, 0.6) is 11.5 Å². The van der Waals surface area contributed by atoms with E-state index in [2.05, 4.69) is 10.3 Å². The molecule has 0 spiro atoms. The number of nitro groups is 1. The van der Waals surface area contributed by atoms with E-state index in [1.165, 1.54) is 30.6 Å². The molecule has 168 valence electrons. The summed E-state index contributed by atoms with van der Waals surface area (Å²) in [5, 5.41) is 14.7. The maximum absolute atomic E-state index is 13.0. The molecule has 4 aromatic rings. The number of carbonyl (C=O) groups is 1. The molecular formula is C23H20N4O5S. The van der Waals surface area contributed by atoms with Gasteiger partial charge in [-0.1, -0.05) is 29.5 Å². The molecule has 3 aromatic carbocycles. The summed E-state index contributed by atoms with van der Waals surface area (Å²) in [6.07, 6.45) is 0. The van der Waals surface area contributed by atoms with Crippen LogP contribution in [0.15, 0.2) is 66.7 Å². The second-order valence-electron chi connectivity index (χ2n) is 6.94. The van der Waals surface area contributed by atoms with Gasteiger partial charge in [0.2, 0.25) is 5.91 Å². The van der Waals surface area contributed by atoms with E-state index in [4.69, 9.17) is 9.47 Å². The molecule has 1 N–H and O–H groups in total.